The van der Waals surface area contributed by atoms with Gasteiger partial charge in [0, 0.05) is 11.7 Å². The molecular formula is C27H31NO2. The Balaban J connectivity index is 1.58. The molecule has 3 aromatic rings. The number of fused-ring (bicyclic) bond motifs is 1. The fourth-order valence-electron chi connectivity index (χ4n) is 4.70. The van der Waals surface area contributed by atoms with Crippen LogP contribution in [0.5, 0.6) is 11.5 Å². The van der Waals surface area contributed by atoms with Crippen LogP contribution in [0.1, 0.15) is 42.5 Å². The van der Waals surface area contributed by atoms with Crippen LogP contribution in [0.25, 0.3) is 0 Å². The van der Waals surface area contributed by atoms with Crippen molar-refractivity contribution in [1.82, 2.24) is 0 Å². The Morgan fingerprint density at radius 3 is 2.40 bits per heavy atom. The lowest BCUT2D eigenvalue weighted by molar-refractivity contribution is 0.354. The third-order valence-corrected chi connectivity index (χ3v) is 6.32. The maximum atomic E-state index is 5.50. The molecule has 156 valence electrons. The molecule has 3 nitrogen and oxygen atoms in total. The monoisotopic (exact) mass is 401 g/mol. The second-order valence-electron chi connectivity index (χ2n) is 8.04. The van der Waals surface area contributed by atoms with E-state index in [4.69, 9.17) is 9.47 Å². The van der Waals surface area contributed by atoms with Crippen molar-refractivity contribution in [3.8, 4) is 11.5 Å². The fraction of sp³-hybridized carbons (Fsp3) is 0.333. The molecule has 0 bridgehead atoms. The highest BCUT2D eigenvalue weighted by Crippen LogP contribution is 2.39. The molecule has 1 heterocycles. The Morgan fingerprint density at radius 2 is 1.63 bits per heavy atom. The van der Waals surface area contributed by atoms with E-state index in [-0.39, 0.29) is 0 Å². The van der Waals surface area contributed by atoms with Crippen molar-refractivity contribution in [3.63, 3.8) is 0 Å². The zero-order valence-corrected chi connectivity index (χ0v) is 18.2. The Labute approximate surface area is 180 Å². The van der Waals surface area contributed by atoms with Crippen molar-refractivity contribution in [1.29, 1.82) is 0 Å². The number of hydrogen-bond donors (Lipinski definition) is 0. The first-order valence-corrected chi connectivity index (χ1v) is 10.8. The smallest absolute Gasteiger partial charge is 0.160 e. The molecule has 0 aliphatic carbocycles. The molecule has 0 fully saturated rings. The van der Waals surface area contributed by atoms with Crippen LogP contribution >= 0.6 is 0 Å². The van der Waals surface area contributed by atoms with Gasteiger partial charge in [-0.05, 0) is 67.5 Å². The van der Waals surface area contributed by atoms with Gasteiger partial charge in [-0.3, -0.25) is 0 Å². The number of rotatable bonds is 7. The van der Waals surface area contributed by atoms with Gasteiger partial charge >= 0.3 is 0 Å². The van der Waals surface area contributed by atoms with Gasteiger partial charge in [0.05, 0.1) is 20.3 Å². The number of para-hydroxylation sites is 1. The number of hydrogen-bond acceptors (Lipinski definition) is 3. The van der Waals surface area contributed by atoms with E-state index < -0.39 is 0 Å². The van der Waals surface area contributed by atoms with Gasteiger partial charge in [-0.2, -0.15) is 0 Å². The third-order valence-electron chi connectivity index (χ3n) is 6.32. The lowest BCUT2D eigenvalue weighted by Crippen LogP contribution is -2.41. The average molecular weight is 402 g/mol. The minimum Gasteiger partial charge on any atom is -0.493 e. The van der Waals surface area contributed by atoms with Gasteiger partial charge in [-0.25, -0.2) is 0 Å². The van der Waals surface area contributed by atoms with Crippen LogP contribution in [0.15, 0.2) is 72.8 Å². The quantitative estimate of drug-likeness (QED) is 0.469. The van der Waals surface area contributed by atoms with Crippen LogP contribution in [0, 0.1) is 0 Å². The van der Waals surface area contributed by atoms with Gasteiger partial charge < -0.3 is 14.4 Å². The fourth-order valence-corrected chi connectivity index (χ4v) is 4.70. The van der Waals surface area contributed by atoms with Gasteiger partial charge in [0.2, 0.25) is 0 Å². The molecule has 0 N–H and O–H groups in total. The number of nitrogens with zero attached hydrogens (tertiary/aromatic N) is 1. The molecule has 4 rings (SSSR count). The van der Waals surface area contributed by atoms with Crippen molar-refractivity contribution in [2.24, 2.45) is 0 Å². The summed E-state index contributed by atoms with van der Waals surface area (Å²) in [6.07, 6.45) is 4.46. The zero-order chi connectivity index (χ0) is 20.9. The molecule has 1 aliphatic rings. The minimum absolute atomic E-state index is 0.336. The molecule has 0 unspecified atom stereocenters. The van der Waals surface area contributed by atoms with Crippen LogP contribution in [0.2, 0.25) is 0 Å². The Hall–Kier alpha value is -2.94. The number of anilines is 1. The van der Waals surface area contributed by atoms with Gasteiger partial charge in [-0.1, -0.05) is 54.6 Å². The highest BCUT2D eigenvalue weighted by molar-refractivity contribution is 5.58. The molecule has 0 aromatic heterocycles. The predicted molar refractivity (Wildman–Crippen MR) is 124 cm³/mol. The summed E-state index contributed by atoms with van der Waals surface area (Å²) in [5.41, 5.74) is 5.50. The topological polar surface area (TPSA) is 21.7 Å². The summed E-state index contributed by atoms with van der Waals surface area (Å²) in [6.45, 7) is 2.33. The molecule has 0 amide bonds. The largest absolute Gasteiger partial charge is 0.493 e. The molecular weight excluding hydrogens is 370 g/mol. The Morgan fingerprint density at radius 1 is 0.900 bits per heavy atom. The second kappa shape index (κ2) is 9.25. The SMILES string of the molecule is COc1ccc(CC[C@@H]2CCc3ccccc3N2[C@H](C)c2ccccc2)cc1OC. The second-order valence-corrected chi connectivity index (χ2v) is 8.04. The van der Waals surface area contributed by atoms with Crippen LogP contribution < -0.4 is 14.4 Å². The van der Waals surface area contributed by atoms with E-state index in [2.05, 4.69) is 78.6 Å². The number of benzene rings is 3. The minimum atomic E-state index is 0.336. The molecule has 1 aliphatic heterocycles. The summed E-state index contributed by atoms with van der Waals surface area (Å²) in [4.78, 5) is 2.65. The Bertz CT molecular complexity index is 970. The normalized spacial score (nSPS) is 16.6. The first-order valence-electron chi connectivity index (χ1n) is 10.8. The molecule has 0 saturated heterocycles. The van der Waals surface area contributed by atoms with E-state index in [1.165, 1.54) is 28.8 Å². The van der Waals surface area contributed by atoms with Crippen LogP contribution in [0.3, 0.4) is 0 Å². The summed E-state index contributed by atoms with van der Waals surface area (Å²) in [5, 5.41) is 0. The maximum Gasteiger partial charge on any atom is 0.160 e. The standard InChI is InChI=1S/C27H31NO2/c1-20(22-9-5-4-6-10-22)28-24(17-15-23-11-7-8-12-25(23)28)16-13-21-14-18-26(29-2)27(19-21)30-3/h4-12,14,18-20,24H,13,15-17H2,1-3H3/t20-,24-/m1/s1. The van der Waals surface area contributed by atoms with Crippen molar-refractivity contribution >= 4 is 5.69 Å². The van der Waals surface area contributed by atoms with E-state index in [0.717, 1.165) is 30.8 Å². The van der Waals surface area contributed by atoms with Gasteiger partial charge in [0.25, 0.3) is 0 Å². The van der Waals surface area contributed by atoms with Gasteiger partial charge in [0.15, 0.2) is 11.5 Å². The van der Waals surface area contributed by atoms with Gasteiger partial charge in [0.1, 0.15) is 0 Å². The third kappa shape index (κ3) is 4.16. The molecule has 3 heteroatoms. The summed E-state index contributed by atoms with van der Waals surface area (Å²) in [6, 6.07) is 26.9. The summed E-state index contributed by atoms with van der Waals surface area (Å²) < 4.78 is 10.9. The highest BCUT2D eigenvalue weighted by atomic mass is 16.5. The van der Waals surface area contributed by atoms with E-state index >= 15 is 0 Å². The summed E-state index contributed by atoms with van der Waals surface area (Å²) in [7, 11) is 3.38. The van der Waals surface area contributed by atoms with Gasteiger partial charge in [-0.15, -0.1) is 0 Å². The lowest BCUT2D eigenvalue weighted by Gasteiger charge is -2.43. The van der Waals surface area contributed by atoms with E-state index in [9.17, 15) is 0 Å². The predicted octanol–water partition coefficient (Wildman–Crippen LogP) is 6.22. The molecule has 0 spiro atoms. The molecule has 0 saturated carbocycles. The maximum absolute atomic E-state index is 5.50. The summed E-state index contributed by atoms with van der Waals surface area (Å²) in [5.74, 6) is 1.59. The number of methoxy groups -OCH3 is 2. The molecule has 2 atom stereocenters. The van der Waals surface area contributed by atoms with E-state index in [1.54, 1.807) is 14.2 Å². The molecule has 0 radical (unpaired) electrons. The number of ether oxygens (including phenoxy) is 2. The lowest BCUT2D eigenvalue weighted by atomic mass is 9.89. The number of aryl methyl sites for hydroxylation is 2. The van der Waals surface area contributed by atoms with Crippen LogP contribution in [0.4, 0.5) is 5.69 Å². The molecule has 3 aromatic carbocycles. The van der Waals surface area contributed by atoms with E-state index in [0.29, 0.717) is 12.1 Å². The van der Waals surface area contributed by atoms with E-state index in [1.807, 2.05) is 6.07 Å². The zero-order valence-electron chi connectivity index (χ0n) is 18.2. The van der Waals surface area contributed by atoms with Crippen LogP contribution in [-0.4, -0.2) is 20.3 Å². The average Bonchev–Trinajstić information content (AvgIpc) is 2.82. The van der Waals surface area contributed by atoms with Crippen molar-refractivity contribution in [3.05, 3.63) is 89.5 Å². The van der Waals surface area contributed by atoms with Crippen molar-refractivity contribution < 1.29 is 9.47 Å². The first-order chi connectivity index (χ1) is 14.7. The van der Waals surface area contributed by atoms with Crippen molar-refractivity contribution in [2.75, 3.05) is 19.1 Å². The van der Waals surface area contributed by atoms with Crippen LogP contribution in [-0.2, 0) is 12.8 Å². The summed E-state index contributed by atoms with van der Waals surface area (Å²) >= 11 is 0. The first kappa shape index (κ1) is 20.3. The Kier molecular flexibility index (Phi) is 6.27. The highest BCUT2D eigenvalue weighted by Gasteiger charge is 2.30. The van der Waals surface area contributed by atoms with Crippen molar-refractivity contribution in [2.45, 2.75) is 44.7 Å². The molecule has 30 heavy (non-hydrogen) atoms.